The zero-order chi connectivity index (χ0) is 26.1. The molecule has 0 spiro atoms. The molecule has 0 aliphatic heterocycles. The molecule has 3 aliphatic carbocycles. The summed E-state index contributed by atoms with van der Waals surface area (Å²) in [6.45, 7) is 10.1. The second-order valence-electron chi connectivity index (χ2n) is 12.0. The number of aliphatic hydroxyl groups is 2. The summed E-state index contributed by atoms with van der Waals surface area (Å²) in [7, 11) is 0. The second kappa shape index (κ2) is 13.4. The highest BCUT2D eigenvalue weighted by atomic mass is 16.4. The van der Waals surface area contributed by atoms with E-state index in [9.17, 15) is 20.1 Å². The third-order valence-electron chi connectivity index (χ3n) is 9.20. The molecule has 3 aliphatic rings. The van der Waals surface area contributed by atoms with Crippen molar-refractivity contribution in [3.63, 3.8) is 0 Å². The first-order valence-corrected chi connectivity index (χ1v) is 14.4. The van der Waals surface area contributed by atoms with Gasteiger partial charge >= 0.3 is 5.97 Å². The zero-order valence-corrected chi connectivity index (χ0v) is 23.2. The van der Waals surface area contributed by atoms with Crippen molar-refractivity contribution >= 4 is 11.7 Å². The van der Waals surface area contributed by atoms with Gasteiger partial charge in [-0.3, -0.25) is 4.99 Å². The summed E-state index contributed by atoms with van der Waals surface area (Å²) in [5, 5.41) is 32.3. The van der Waals surface area contributed by atoms with E-state index in [1.54, 1.807) is 19.9 Å². The lowest BCUT2D eigenvalue weighted by molar-refractivity contribution is -0.147. The van der Waals surface area contributed by atoms with Gasteiger partial charge in [0.05, 0.1) is 0 Å². The standard InChI is InChI=1S/C30H53NO4/c1-6-8-9-10-11-12-13-14-15-16-17-18-19-20-26(32)30(7-2,27(33)34)31-25-22-23-21-24(28(23,3)4)29(25,5)35/h19-20,23-24,26,32,35H,6-18,21-22H2,1-5H3,(H,33,34)/t23-,24-,26+,29-,30-/m0/s1. The van der Waals surface area contributed by atoms with Crippen molar-refractivity contribution in [3.8, 4) is 0 Å². The molecule has 3 rings (SSSR count). The summed E-state index contributed by atoms with van der Waals surface area (Å²) in [5.41, 5.74) is -2.21. The average molecular weight is 492 g/mol. The van der Waals surface area contributed by atoms with E-state index in [1.807, 2.05) is 6.08 Å². The molecular weight excluding hydrogens is 438 g/mol. The smallest absolute Gasteiger partial charge is 0.334 e. The number of carbonyl (C=O) groups is 1. The highest BCUT2D eigenvalue weighted by Crippen LogP contribution is 2.62. The van der Waals surface area contributed by atoms with E-state index in [2.05, 4.69) is 25.8 Å². The van der Waals surface area contributed by atoms with Crippen LogP contribution >= 0.6 is 0 Å². The summed E-state index contributed by atoms with van der Waals surface area (Å²) in [4.78, 5) is 17.0. The van der Waals surface area contributed by atoms with Crippen LogP contribution in [0.3, 0.4) is 0 Å². The van der Waals surface area contributed by atoms with Crippen LogP contribution in [-0.2, 0) is 4.79 Å². The number of allylic oxidation sites excluding steroid dienone is 1. The van der Waals surface area contributed by atoms with Gasteiger partial charge in [0.1, 0.15) is 11.7 Å². The van der Waals surface area contributed by atoms with Crippen LogP contribution in [0.15, 0.2) is 17.1 Å². The third-order valence-corrected chi connectivity index (χ3v) is 9.20. The summed E-state index contributed by atoms with van der Waals surface area (Å²) in [6, 6.07) is 0. The molecule has 35 heavy (non-hydrogen) atoms. The van der Waals surface area contributed by atoms with Gasteiger partial charge in [-0.2, -0.15) is 0 Å². The molecule has 0 amide bonds. The quantitative estimate of drug-likeness (QED) is 0.150. The second-order valence-corrected chi connectivity index (χ2v) is 12.0. The van der Waals surface area contributed by atoms with Crippen molar-refractivity contribution in [1.82, 2.24) is 0 Å². The number of hydrogen-bond donors (Lipinski definition) is 3. The molecule has 5 atom stereocenters. The number of aliphatic carboxylic acids is 1. The Morgan fingerprint density at radius 3 is 2.03 bits per heavy atom. The molecule has 0 unspecified atom stereocenters. The molecule has 3 fully saturated rings. The van der Waals surface area contributed by atoms with Crippen molar-refractivity contribution in [3.05, 3.63) is 12.2 Å². The molecule has 0 saturated heterocycles. The highest BCUT2D eigenvalue weighted by molar-refractivity contribution is 5.97. The number of fused-ring (bicyclic) bond motifs is 2. The molecule has 2 bridgehead atoms. The van der Waals surface area contributed by atoms with Crippen molar-refractivity contribution in [2.45, 2.75) is 148 Å². The Balaban J connectivity index is 1.83. The lowest BCUT2D eigenvalue weighted by Crippen LogP contribution is -2.65. The Kier molecular flexibility index (Phi) is 11.5. The maximum absolute atomic E-state index is 12.4. The number of aliphatic imine (C=N–C) groups is 1. The minimum Gasteiger partial charge on any atom is -0.479 e. The Morgan fingerprint density at radius 2 is 1.57 bits per heavy atom. The molecular formula is C30H53NO4. The molecule has 5 heteroatoms. The van der Waals surface area contributed by atoms with Gasteiger partial charge in [0.25, 0.3) is 0 Å². The van der Waals surface area contributed by atoms with Crippen molar-refractivity contribution in [1.29, 1.82) is 0 Å². The number of carboxylic acids is 1. The number of rotatable bonds is 17. The van der Waals surface area contributed by atoms with E-state index >= 15 is 0 Å². The first kappa shape index (κ1) is 30.0. The summed E-state index contributed by atoms with van der Waals surface area (Å²) < 4.78 is 0. The van der Waals surface area contributed by atoms with Crippen LogP contribution in [-0.4, -0.2) is 44.2 Å². The fourth-order valence-electron chi connectivity index (χ4n) is 6.35. The van der Waals surface area contributed by atoms with Gasteiger partial charge in [-0.15, -0.1) is 0 Å². The predicted octanol–water partition coefficient (Wildman–Crippen LogP) is 7.10. The normalized spacial score (nSPS) is 29.2. The maximum Gasteiger partial charge on any atom is 0.334 e. The number of aliphatic hydroxyl groups excluding tert-OH is 1. The lowest BCUT2D eigenvalue weighted by Gasteiger charge is -2.63. The molecule has 0 radical (unpaired) electrons. The predicted molar refractivity (Wildman–Crippen MR) is 145 cm³/mol. The Morgan fingerprint density at radius 1 is 1.03 bits per heavy atom. The minimum atomic E-state index is -1.65. The molecule has 5 nitrogen and oxygen atoms in total. The van der Waals surface area contributed by atoms with Crippen LogP contribution in [0, 0.1) is 17.3 Å². The average Bonchev–Trinajstić information content (AvgIpc) is 2.80. The molecule has 0 heterocycles. The number of hydrogen-bond acceptors (Lipinski definition) is 4. The topological polar surface area (TPSA) is 90.1 Å². The van der Waals surface area contributed by atoms with Gasteiger partial charge in [-0.05, 0) is 56.3 Å². The van der Waals surface area contributed by atoms with Gasteiger partial charge in [0.2, 0.25) is 0 Å². The Bertz CT molecular complexity index is 726. The fourth-order valence-corrected chi connectivity index (χ4v) is 6.35. The highest BCUT2D eigenvalue weighted by Gasteiger charge is 2.62. The number of unbranched alkanes of at least 4 members (excludes halogenated alkanes) is 11. The summed E-state index contributed by atoms with van der Waals surface area (Å²) >= 11 is 0. The molecule has 202 valence electrons. The maximum atomic E-state index is 12.4. The van der Waals surface area contributed by atoms with E-state index in [0.717, 1.165) is 25.7 Å². The van der Waals surface area contributed by atoms with E-state index in [4.69, 9.17) is 0 Å². The van der Waals surface area contributed by atoms with Crippen LogP contribution in [0.4, 0.5) is 0 Å². The first-order valence-electron chi connectivity index (χ1n) is 14.4. The molecule has 3 saturated carbocycles. The minimum absolute atomic E-state index is 0.0355. The molecule has 3 N–H and O–H groups in total. The zero-order valence-electron chi connectivity index (χ0n) is 23.2. The van der Waals surface area contributed by atoms with E-state index in [-0.39, 0.29) is 17.8 Å². The summed E-state index contributed by atoms with van der Waals surface area (Å²) in [5.74, 6) is -0.651. The molecule has 0 aromatic heterocycles. The van der Waals surface area contributed by atoms with Gasteiger partial charge < -0.3 is 15.3 Å². The van der Waals surface area contributed by atoms with E-state index < -0.39 is 23.2 Å². The van der Waals surface area contributed by atoms with Crippen molar-refractivity contribution in [2.75, 3.05) is 0 Å². The summed E-state index contributed by atoms with van der Waals surface area (Å²) in [6.07, 6.45) is 19.0. The Labute approximate surface area is 214 Å². The lowest BCUT2D eigenvalue weighted by atomic mass is 9.44. The van der Waals surface area contributed by atoms with Crippen LogP contribution in [0.25, 0.3) is 0 Å². The van der Waals surface area contributed by atoms with Crippen molar-refractivity contribution < 1.29 is 20.1 Å². The van der Waals surface area contributed by atoms with E-state index in [1.165, 1.54) is 57.8 Å². The largest absolute Gasteiger partial charge is 0.479 e. The van der Waals surface area contributed by atoms with Gasteiger partial charge in [-0.1, -0.05) is 104 Å². The first-order chi connectivity index (χ1) is 16.5. The fraction of sp³-hybridized carbons (Fsp3) is 0.867. The van der Waals surface area contributed by atoms with Crippen LogP contribution in [0.2, 0.25) is 0 Å². The SMILES string of the molecule is CCCCCCCCCCCCCC=C[C@@H](O)[C@](CC)(N=C1C[C@@H]2C[C@@H](C2(C)C)[C@]1(C)O)C(=O)O. The van der Waals surface area contributed by atoms with Crippen LogP contribution in [0.1, 0.15) is 131 Å². The number of nitrogens with zero attached hydrogens (tertiary/aromatic N) is 1. The number of carboxylic acid groups (broad SMARTS) is 1. The monoisotopic (exact) mass is 491 g/mol. The molecule has 0 aromatic rings. The van der Waals surface area contributed by atoms with Gasteiger partial charge in [-0.25, -0.2) is 4.79 Å². The van der Waals surface area contributed by atoms with Gasteiger partial charge in [0, 0.05) is 5.71 Å². The van der Waals surface area contributed by atoms with Gasteiger partial charge in [0.15, 0.2) is 5.54 Å². The van der Waals surface area contributed by atoms with E-state index in [0.29, 0.717) is 18.1 Å². The van der Waals surface area contributed by atoms with Crippen LogP contribution in [0.5, 0.6) is 0 Å². The Hall–Kier alpha value is -1.20. The molecule has 0 aromatic carbocycles. The van der Waals surface area contributed by atoms with Crippen molar-refractivity contribution in [2.24, 2.45) is 22.2 Å². The van der Waals surface area contributed by atoms with Crippen LogP contribution < -0.4 is 0 Å². The third kappa shape index (κ3) is 7.19.